The molecule has 0 radical (unpaired) electrons. The van der Waals surface area contributed by atoms with Crippen LogP contribution in [0, 0.1) is 34.5 Å². The fourth-order valence-electron chi connectivity index (χ4n) is 8.57. The molecule has 0 aliphatic carbocycles. The molecule has 4 aliphatic rings. The van der Waals surface area contributed by atoms with E-state index in [9.17, 15) is 0 Å². The smallest absolute Gasteiger partial charge is 0.0350 e. The van der Waals surface area contributed by atoms with E-state index in [0.717, 1.165) is 35.8 Å². The molecule has 0 aromatic heterocycles. The summed E-state index contributed by atoms with van der Waals surface area (Å²) < 4.78 is 0. The van der Waals surface area contributed by atoms with Gasteiger partial charge in [-0.2, -0.15) is 0 Å². The number of rotatable bonds is 5. The van der Waals surface area contributed by atoms with E-state index in [0.29, 0.717) is 22.4 Å². The third-order valence-corrected chi connectivity index (χ3v) is 11.5. The maximum absolute atomic E-state index is 3.05. The Balaban J connectivity index is 1.51. The predicted octanol–water partition coefficient (Wildman–Crippen LogP) is 6.70. The van der Waals surface area contributed by atoms with Gasteiger partial charge in [0.1, 0.15) is 0 Å². The van der Waals surface area contributed by atoms with E-state index in [1.807, 2.05) is 0 Å². The van der Waals surface area contributed by atoms with Gasteiger partial charge in [0, 0.05) is 49.8 Å². The number of hydrogen-bond acceptors (Lipinski definition) is 4. The zero-order chi connectivity index (χ0) is 28.0. The standard InChI is InChI=1S/C34H66N4/c1-25(2)37-22-28(23-37)35-17-15-30(33(6,7)8)29(24-35)31-20-27(32(3,4)5)14-16-36(31)21-26-12-18-38(19-13-26)34(9,10)11/h25-31H,12-24H2,1-11H3. The molecule has 4 atom stereocenters. The van der Waals surface area contributed by atoms with E-state index < -0.39 is 0 Å². The lowest BCUT2D eigenvalue weighted by atomic mass is 9.63. The number of nitrogens with zero attached hydrogens (tertiary/aromatic N) is 4. The monoisotopic (exact) mass is 531 g/mol. The molecular formula is C34H66N4. The lowest BCUT2D eigenvalue weighted by Gasteiger charge is -2.57. The molecule has 4 saturated heterocycles. The largest absolute Gasteiger partial charge is 0.300 e. The molecule has 4 nitrogen and oxygen atoms in total. The van der Waals surface area contributed by atoms with Gasteiger partial charge >= 0.3 is 0 Å². The molecule has 0 bridgehead atoms. The van der Waals surface area contributed by atoms with Crippen molar-refractivity contribution < 1.29 is 0 Å². The highest BCUT2D eigenvalue weighted by molar-refractivity contribution is 5.01. The first-order valence-electron chi connectivity index (χ1n) is 16.5. The summed E-state index contributed by atoms with van der Waals surface area (Å²) in [5, 5.41) is 0. The Morgan fingerprint density at radius 1 is 0.711 bits per heavy atom. The van der Waals surface area contributed by atoms with Crippen LogP contribution in [-0.2, 0) is 0 Å². The Morgan fingerprint density at radius 3 is 1.87 bits per heavy atom. The van der Waals surface area contributed by atoms with E-state index >= 15 is 0 Å². The minimum atomic E-state index is 0.316. The third kappa shape index (κ3) is 7.18. The maximum Gasteiger partial charge on any atom is 0.0350 e. The maximum atomic E-state index is 3.05. The molecule has 0 aromatic rings. The fraction of sp³-hybridized carbons (Fsp3) is 1.00. The van der Waals surface area contributed by atoms with E-state index in [4.69, 9.17) is 0 Å². The van der Waals surface area contributed by atoms with Crippen molar-refractivity contribution in [2.75, 3.05) is 52.4 Å². The van der Waals surface area contributed by atoms with Crippen molar-refractivity contribution >= 4 is 0 Å². The molecule has 4 heterocycles. The van der Waals surface area contributed by atoms with Gasteiger partial charge in [0.25, 0.3) is 0 Å². The van der Waals surface area contributed by atoms with Crippen molar-refractivity contribution in [3.63, 3.8) is 0 Å². The van der Waals surface area contributed by atoms with Gasteiger partial charge in [-0.05, 0) is 127 Å². The second-order valence-electron chi connectivity index (χ2n) is 17.4. The van der Waals surface area contributed by atoms with E-state index in [2.05, 4.69) is 95.8 Å². The van der Waals surface area contributed by atoms with Crippen molar-refractivity contribution in [3.8, 4) is 0 Å². The highest BCUT2D eigenvalue weighted by atomic mass is 15.3. The van der Waals surface area contributed by atoms with Crippen LogP contribution in [0.5, 0.6) is 0 Å². The molecule has 4 aliphatic heterocycles. The lowest BCUT2D eigenvalue weighted by Crippen LogP contribution is -2.65. The van der Waals surface area contributed by atoms with Gasteiger partial charge in [-0.3, -0.25) is 19.6 Å². The van der Waals surface area contributed by atoms with Gasteiger partial charge in [-0.15, -0.1) is 0 Å². The van der Waals surface area contributed by atoms with Crippen LogP contribution in [0.3, 0.4) is 0 Å². The van der Waals surface area contributed by atoms with Crippen molar-refractivity contribution in [1.82, 2.24) is 19.6 Å². The Morgan fingerprint density at radius 2 is 1.34 bits per heavy atom. The summed E-state index contributed by atoms with van der Waals surface area (Å²) >= 11 is 0. The molecule has 0 amide bonds. The molecule has 222 valence electrons. The number of likely N-dealkylation sites (tertiary alicyclic amines) is 4. The first kappa shape index (κ1) is 30.8. The summed E-state index contributed by atoms with van der Waals surface area (Å²) in [5.41, 5.74) is 1.12. The van der Waals surface area contributed by atoms with Gasteiger partial charge in [0.15, 0.2) is 0 Å². The van der Waals surface area contributed by atoms with Gasteiger partial charge in [-0.1, -0.05) is 41.5 Å². The summed E-state index contributed by atoms with van der Waals surface area (Å²) in [6.45, 7) is 37.5. The first-order chi connectivity index (χ1) is 17.5. The van der Waals surface area contributed by atoms with Gasteiger partial charge in [0.2, 0.25) is 0 Å². The van der Waals surface area contributed by atoms with Crippen LogP contribution in [-0.4, -0.2) is 95.6 Å². The van der Waals surface area contributed by atoms with Gasteiger partial charge < -0.3 is 0 Å². The molecule has 0 aromatic carbocycles. The molecular weight excluding hydrogens is 464 g/mol. The highest BCUT2D eigenvalue weighted by Gasteiger charge is 2.48. The van der Waals surface area contributed by atoms with Crippen molar-refractivity contribution in [2.45, 2.75) is 132 Å². The van der Waals surface area contributed by atoms with Crippen LogP contribution in [0.25, 0.3) is 0 Å². The predicted molar refractivity (Wildman–Crippen MR) is 165 cm³/mol. The van der Waals surface area contributed by atoms with Crippen LogP contribution in [0.2, 0.25) is 0 Å². The average Bonchev–Trinajstić information content (AvgIpc) is 2.76. The summed E-state index contributed by atoms with van der Waals surface area (Å²) in [4.78, 5) is 11.4. The van der Waals surface area contributed by atoms with Crippen molar-refractivity contribution in [3.05, 3.63) is 0 Å². The SMILES string of the molecule is CC(C)N1CC(N2CCC(C(C)(C)C)C(C3CC(C(C)(C)C)CCN3CC3CCN(C(C)(C)C)CC3)C2)C1. The Hall–Kier alpha value is -0.160. The van der Waals surface area contributed by atoms with Crippen LogP contribution >= 0.6 is 0 Å². The molecule has 0 saturated carbocycles. The molecule has 4 rings (SSSR count). The molecule has 0 N–H and O–H groups in total. The zero-order valence-electron chi connectivity index (χ0n) is 27.5. The van der Waals surface area contributed by atoms with Crippen molar-refractivity contribution in [1.29, 1.82) is 0 Å². The van der Waals surface area contributed by atoms with Gasteiger partial charge in [-0.25, -0.2) is 0 Å². The summed E-state index contributed by atoms with van der Waals surface area (Å²) in [6, 6.07) is 2.24. The topological polar surface area (TPSA) is 13.0 Å². The second kappa shape index (κ2) is 11.6. The normalized spacial score (nSPS) is 33.2. The van der Waals surface area contributed by atoms with Crippen LogP contribution < -0.4 is 0 Å². The van der Waals surface area contributed by atoms with Gasteiger partial charge in [0.05, 0.1) is 0 Å². The molecule has 0 spiro atoms. The fourth-order valence-corrected chi connectivity index (χ4v) is 8.57. The Bertz CT molecular complexity index is 742. The number of hydrogen-bond donors (Lipinski definition) is 0. The third-order valence-electron chi connectivity index (χ3n) is 11.5. The van der Waals surface area contributed by atoms with E-state index in [-0.39, 0.29) is 0 Å². The van der Waals surface area contributed by atoms with Crippen LogP contribution in [0.1, 0.15) is 108 Å². The molecule has 38 heavy (non-hydrogen) atoms. The van der Waals surface area contributed by atoms with Crippen LogP contribution in [0.15, 0.2) is 0 Å². The van der Waals surface area contributed by atoms with E-state index in [1.165, 1.54) is 84.5 Å². The highest BCUT2D eigenvalue weighted by Crippen LogP contribution is 2.47. The van der Waals surface area contributed by atoms with Crippen molar-refractivity contribution in [2.24, 2.45) is 34.5 Å². The minimum Gasteiger partial charge on any atom is -0.300 e. The summed E-state index contributed by atoms with van der Waals surface area (Å²) in [5.74, 6) is 3.36. The van der Waals surface area contributed by atoms with Crippen LogP contribution in [0.4, 0.5) is 0 Å². The number of piperidine rings is 3. The first-order valence-corrected chi connectivity index (χ1v) is 16.5. The molecule has 4 unspecified atom stereocenters. The molecule has 4 fully saturated rings. The minimum absolute atomic E-state index is 0.316. The summed E-state index contributed by atoms with van der Waals surface area (Å²) in [7, 11) is 0. The molecule has 4 heteroatoms. The quantitative estimate of drug-likeness (QED) is 0.392. The lowest BCUT2D eigenvalue weighted by molar-refractivity contribution is -0.0772. The van der Waals surface area contributed by atoms with E-state index in [1.54, 1.807) is 0 Å². The Kier molecular flexibility index (Phi) is 9.41. The average molecular weight is 531 g/mol. The second-order valence-corrected chi connectivity index (χ2v) is 17.4. The summed E-state index contributed by atoms with van der Waals surface area (Å²) in [6.07, 6.45) is 6.97. The Labute approximate surface area is 238 Å². The zero-order valence-corrected chi connectivity index (χ0v) is 27.5.